The Morgan fingerprint density at radius 2 is 1.65 bits per heavy atom. The zero-order valence-corrected chi connectivity index (χ0v) is 12.5. The first kappa shape index (κ1) is 14.5. The molecule has 0 atom stereocenters. The standard InChI is InChI=1S/C13H22BrN3/c1-16(2)10-11-17(3)9-8-15-13-6-4-12(14)5-7-13/h4-7,15H,8-11H2,1-3H3. The van der Waals surface area contributed by atoms with Crippen LogP contribution in [0.5, 0.6) is 0 Å². The van der Waals surface area contributed by atoms with Crippen LogP contribution in [-0.4, -0.2) is 57.1 Å². The van der Waals surface area contributed by atoms with Crippen molar-refractivity contribution in [2.45, 2.75) is 0 Å². The molecule has 1 aromatic rings. The summed E-state index contributed by atoms with van der Waals surface area (Å²) in [5, 5.41) is 3.41. The minimum Gasteiger partial charge on any atom is -0.384 e. The monoisotopic (exact) mass is 299 g/mol. The molecule has 0 unspecified atom stereocenters. The Labute approximate surface area is 113 Å². The van der Waals surface area contributed by atoms with Gasteiger partial charge in [-0.15, -0.1) is 0 Å². The minimum absolute atomic E-state index is 0.978. The van der Waals surface area contributed by atoms with Gasteiger partial charge in [-0.3, -0.25) is 0 Å². The van der Waals surface area contributed by atoms with Crippen LogP contribution in [0.15, 0.2) is 28.7 Å². The molecular weight excluding hydrogens is 278 g/mol. The molecule has 3 nitrogen and oxygen atoms in total. The molecule has 0 spiro atoms. The van der Waals surface area contributed by atoms with Gasteiger partial charge in [-0.1, -0.05) is 15.9 Å². The fourth-order valence-electron chi connectivity index (χ4n) is 1.44. The van der Waals surface area contributed by atoms with Crippen molar-refractivity contribution in [3.63, 3.8) is 0 Å². The lowest BCUT2D eigenvalue weighted by Gasteiger charge is -2.19. The first-order valence-corrected chi connectivity index (χ1v) is 6.70. The summed E-state index contributed by atoms with van der Waals surface area (Å²) in [6.07, 6.45) is 0. The van der Waals surface area contributed by atoms with Crippen molar-refractivity contribution in [3.05, 3.63) is 28.7 Å². The summed E-state index contributed by atoms with van der Waals surface area (Å²) in [5.74, 6) is 0. The number of rotatable bonds is 7. The molecule has 1 rings (SSSR count). The van der Waals surface area contributed by atoms with Gasteiger partial charge in [0.05, 0.1) is 0 Å². The maximum absolute atomic E-state index is 3.43. The zero-order valence-electron chi connectivity index (χ0n) is 10.9. The summed E-state index contributed by atoms with van der Waals surface area (Å²) in [6, 6.07) is 8.28. The Hall–Kier alpha value is -0.580. The maximum Gasteiger partial charge on any atom is 0.0341 e. The lowest BCUT2D eigenvalue weighted by molar-refractivity contribution is 0.289. The Morgan fingerprint density at radius 1 is 1.00 bits per heavy atom. The van der Waals surface area contributed by atoms with Gasteiger partial charge in [0.15, 0.2) is 0 Å². The Morgan fingerprint density at radius 3 is 2.24 bits per heavy atom. The van der Waals surface area contributed by atoms with E-state index in [0.29, 0.717) is 0 Å². The number of halogens is 1. The van der Waals surface area contributed by atoms with Gasteiger partial charge in [-0.2, -0.15) is 0 Å². The summed E-state index contributed by atoms with van der Waals surface area (Å²) >= 11 is 3.43. The number of likely N-dealkylation sites (N-methyl/N-ethyl adjacent to an activating group) is 2. The summed E-state index contributed by atoms with van der Waals surface area (Å²) in [5.41, 5.74) is 1.18. The molecule has 0 fully saturated rings. The molecule has 1 aromatic carbocycles. The van der Waals surface area contributed by atoms with E-state index in [2.05, 4.69) is 76.5 Å². The summed E-state index contributed by atoms with van der Waals surface area (Å²) in [7, 11) is 6.37. The van der Waals surface area contributed by atoms with Crippen molar-refractivity contribution in [1.29, 1.82) is 0 Å². The van der Waals surface area contributed by atoms with Crippen LogP contribution in [0.3, 0.4) is 0 Å². The smallest absolute Gasteiger partial charge is 0.0341 e. The van der Waals surface area contributed by atoms with Gasteiger partial charge in [0.2, 0.25) is 0 Å². The van der Waals surface area contributed by atoms with E-state index in [1.807, 2.05) is 0 Å². The molecule has 96 valence electrons. The van der Waals surface area contributed by atoms with Gasteiger partial charge in [-0.25, -0.2) is 0 Å². The number of anilines is 1. The van der Waals surface area contributed by atoms with Crippen LogP contribution < -0.4 is 5.32 Å². The van der Waals surface area contributed by atoms with E-state index in [-0.39, 0.29) is 0 Å². The quantitative estimate of drug-likeness (QED) is 0.834. The van der Waals surface area contributed by atoms with E-state index >= 15 is 0 Å². The first-order chi connectivity index (χ1) is 8.08. The second kappa shape index (κ2) is 7.69. The van der Waals surface area contributed by atoms with Crippen molar-refractivity contribution >= 4 is 21.6 Å². The highest BCUT2D eigenvalue weighted by molar-refractivity contribution is 9.10. The molecule has 0 aliphatic heterocycles. The van der Waals surface area contributed by atoms with Crippen LogP contribution in [0, 0.1) is 0 Å². The van der Waals surface area contributed by atoms with E-state index in [0.717, 1.165) is 30.7 Å². The predicted molar refractivity (Wildman–Crippen MR) is 78.7 cm³/mol. The van der Waals surface area contributed by atoms with Gasteiger partial charge >= 0.3 is 0 Å². The Bertz CT molecular complexity index is 311. The molecular formula is C13H22BrN3. The second-order valence-corrected chi connectivity index (χ2v) is 5.46. The van der Waals surface area contributed by atoms with Gasteiger partial charge in [0.25, 0.3) is 0 Å². The highest BCUT2D eigenvalue weighted by atomic mass is 79.9. The van der Waals surface area contributed by atoms with Gasteiger partial charge in [-0.05, 0) is 45.4 Å². The topological polar surface area (TPSA) is 18.5 Å². The number of benzene rings is 1. The van der Waals surface area contributed by atoms with Crippen molar-refractivity contribution in [2.75, 3.05) is 52.6 Å². The average molecular weight is 300 g/mol. The third kappa shape index (κ3) is 6.66. The van der Waals surface area contributed by atoms with Crippen LogP contribution in [0.25, 0.3) is 0 Å². The fourth-order valence-corrected chi connectivity index (χ4v) is 1.71. The zero-order chi connectivity index (χ0) is 12.7. The number of hydrogen-bond acceptors (Lipinski definition) is 3. The van der Waals surface area contributed by atoms with Crippen LogP contribution in [0.4, 0.5) is 5.69 Å². The van der Waals surface area contributed by atoms with Crippen LogP contribution in [-0.2, 0) is 0 Å². The predicted octanol–water partition coefficient (Wildman–Crippen LogP) is 2.35. The van der Waals surface area contributed by atoms with Crippen LogP contribution in [0.1, 0.15) is 0 Å². The van der Waals surface area contributed by atoms with Gasteiger partial charge < -0.3 is 15.1 Å². The van der Waals surface area contributed by atoms with E-state index in [1.54, 1.807) is 0 Å². The fraction of sp³-hybridized carbons (Fsp3) is 0.538. The molecule has 4 heteroatoms. The largest absolute Gasteiger partial charge is 0.384 e. The Balaban J connectivity index is 2.16. The maximum atomic E-state index is 3.43. The van der Waals surface area contributed by atoms with E-state index in [4.69, 9.17) is 0 Å². The number of hydrogen-bond donors (Lipinski definition) is 1. The third-order valence-electron chi connectivity index (χ3n) is 2.60. The second-order valence-electron chi connectivity index (χ2n) is 4.54. The lowest BCUT2D eigenvalue weighted by atomic mass is 10.3. The SMILES string of the molecule is CN(C)CCN(C)CCNc1ccc(Br)cc1. The van der Waals surface area contributed by atoms with Gasteiger partial charge in [0, 0.05) is 36.3 Å². The average Bonchev–Trinajstić information content (AvgIpc) is 2.29. The number of nitrogens with one attached hydrogen (secondary N) is 1. The summed E-state index contributed by atoms with van der Waals surface area (Å²) in [4.78, 5) is 4.55. The van der Waals surface area contributed by atoms with E-state index in [9.17, 15) is 0 Å². The van der Waals surface area contributed by atoms with E-state index < -0.39 is 0 Å². The number of nitrogens with zero attached hydrogens (tertiary/aromatic N) is 2. The van der Waals surface area contributed by atoms with Crippen molar-refractivity contribution in [1.82, 2.24) is 9.80 Å². The van der Waals surface area contributed by atoms with E-state index in [1.165, 1.54) is 5.69 Å². The molecule has 0 saturated heterocycles. The van der Waals surface area contributed by atoms with Crippen LogP contribution >= 0.6 is 15.9 Å². The molecule has 0 bridgehead atoms. The molecule has 0 saturated carbocycles. The highest BCUT2D eigenvalue weighted by Gasteiger charge is 1.99. The molecule has 17 heavy (non-hydrogen) atoms. The van der Waals surface area contributed by atoms with Crippen LogP contribution in [0.2, 0.25) is 0 Å². The normalized spacial score (nSPS) is 11.2. The van der Waals surface area contributed by atoms with Gasteiger partial charge in [0.1, 0.15) is 0 Å². The van der Waals surface area contributed by atoms with Crippen molar-refractivity contribution < 1.29 is 0 Å². The Kier molecular flexibility index (Phi) is 6.55. The minimum atomic E-state index is 0.978. The molecule has 0 aromatic heterocycles. The molecule has 0 amide bonds. The first-order valence-electron chi connectivity index (χ1n) is 5.90. The summed E-state index contributed by atoms with van der Waals surface area (Å²) in [6.45, 7) is 4.25. The third-order valence-corrected chi connectivity index (χ3v) is 3.12. The lowest BCUT2D eigenvalue weighted by Crippen LogP contribution is -2.32. The van der Waals surface area contributed by atoms with Crippen molar-refractivity contribution in [2.24, 2.45) is 0 Å². The van der Waals surface area contributed by atoms with Crippen molar-refractivity contribution in [3.8, 4) is 0 Å². The summed E-state index contributed by atoms with van der Waals surface area (Å²) < 4.78 is 1.12. The molecule has 0 heterocycles. The highest BCUT2D eigenvalue weighted by Crippen LogP contribution is 2.13. The molecule has 1 N–H and O–H groups in total. The molecule has 0 aliphatic rings. The molecule has 0 radical (unpaired) electrons. The molecule has 0 aliphatic carbocycles.